The molecule has 118 valence electrons. The highest BCUT2D eigenvalue weighted by Gasteiger charge is 2.12. The zero-order valence-corrected chi connectivity index (χ0v) is 14.2. The molecule has 23 heavy (non-hydrogen) atoms. The van der Waals surface area contributed by atoms with Crippen molar-refractivity contribution in [2.45, 2.75) is 19.9 Å². The van der Waals surface area contributed by atoms with Gasteiger partial charge < -0.3 is 10.1 Å². The smallest absolute Gasteiger partial charge is 0.145 e. The summed E-state index contributed by atoms with van der Waals surface area (Å²) in [7, 11) is 1.67. The van der Waals surface area contributed by atoms with Crippen LogP contribution in [0.2, 0.25) is 5.02 Å². The molecule has 0 fully saturated rings. The lowest BCUT2D eigenvalue weighted by Gasteiger charge is -2.18. The molecule has 1 atom stereocenters. The molecule has 0 saturated carbocycles. The number of fused-ring (bicyclic) bond motifs is 1. The number of rotatable bonds is 4. The molecule has 0 aliphatic heterocycles. The lowest BCUT2D eigenvalue weighted by molar-refractivity contribution is 0.419. The maximum Gasteiger partial charge on any atom is 0.145 e. The van der Waals surface area contributed by atoms with Gasteiger partial charge in [-0.3, -0.25) is 0 Å². The fraction of sp³-hybridized carbons (Fsp3) is 0.211. The van der Waals surface area contributed by atoms with Crippen molar-refractivity contribution in [1.29, 1.82) is 0 Å². The van der Waals surface area contributed by atoms with E-state index in [9.17, 15) is 0 Å². The second-order valence-corrected chi connectivity index (χ2v) is 6.03. The number of ether oxygens (including phenoxy) is 1. The van der Waals surface area contributed by atoms with Crippen molar-refractivity contribution in [2.24, 2.45) is 0 Å². The number of nitrogens with zero attached hydrogens (tertiary/aromatic N) is 1. The Labute approximate surface area is 141 Å². The van der Waals surface area contributed by atoms with Crippen LogP contribution in [0.3, 0.4) is 0 Å². The van der Waals surface area contributed by atoms with E-state index in [4.69, 9.17) is 16.3 Å². The number of hydrogen-bond donors (Lipinski definition) is 1. The number of halogens is 1. The largest absolute Gasteiger partial charge is 0.494 e. The van der Waals surface area contributed by atoms with Gasteiger partial charge in [0.25, 0.3) is 0 Å². The molecule has 0 saturated heterocycles. The first-order chi connectivity index (χ1) is 11.1. The SMILES string of the molecule is COc1cccc2c(NC(C)c3cccc(Cl)c3)cc(C)nc12. The van der Waals surface area contributed by atoms with Gasteiger partial charge in [-0.05, 0) is 43.7 Å². The predicted octanol–water partition coefficient (Wildman–Crippen LogP) is 5.38. The van der Waals surface area contributed by atoms with Crippen molar-refractivity contribution < 1.29 is 4.74 Å². The van der Waals surface area contributed by atoms with Gasteiger partial charge in [-0.25, -0.2) is 4.98 Å². The third-order valence-electron chi connectivity index (χ3n) is 3.87. The Balaban J connectivity index is 2.03. The van der Waals surface area contributed by atoms with Crippen LogP contribution in [0.25, 0.3) is 10.9 Å². The summed E-state index contributed by atoms with van der Waals surface area (Å²) in [6.07, 6.45) is 0. The zero-order chi connectivity index (χ0) is 16.4. The Hall–Kier alpha value is -2.26. The number of anilines is 1. The van der Waals surface area contributed by atoms with E-state index in [-0.39, 0.29) is 6.04 Å². The van der Waals surface area contributed by atoms with E-state index in [1.165, 1.54) is 0 Å². The molecule has 0 spiro atoms. The molecule has 0 aliphatic rings. The summed E-state index contributed by atoms with van der Waals surface area (Å²) < 4.78 is 5.44. The molecular formula is C19H19ClN2O. The summed E-state index contributed by atoms with van der Waals surface area (Å²) in [4.78, 5) is 4.62. The molecule has 1 unspecified atom stereocenters. The van der Waals surface area contributed by atoms with Crippen molar-refractivity contribution in [3.8, 4) is 5.75 Å². The Morgan fingerprint density at radius 2 is 1.91 bits per heavy atom. The van der Waals surface area contributed by atoms with Crippen LogP contribution < -0.4 is 10.1 Å². The quantitative estimate of drug-likeness (QED) is 0.699. The minimum absolute atomic E-state index is 0.130. The van der Waals surface area contributed by atoms with E-state index in [1.54, 1.807) is 7.11 Å². The predicted molar refractivity (Wildman–Crippen MR) is 96.5 cm³/mol. The molecule has 1 heterocycles. The Kier molecular flexibility index (Phi) is 4.39. The van der Waals surface area contributed by atoms with E-state index in [2.05, 4.69) is 35.4 Å². The van der Waals surface area contributed by atoms with Crippen molar-refractivity contribution >= 4 is 28.2 Å². The number of hydrogen-bond acceptors (Lipinski definition) is 3. The molecule has 0 amide bonds. The first-order valence-corrected chi connectivity index (χ1v) is 7.92. The number of pyridine rings is 1. The van der Waals surface area contributed by atoms with Gasteiger partial charge in [0.05, 0.1) is 7.11 Å². The number of benzene rings is 2. The van der Waals surface area contributed by atoms with Crippen LogP contribution in [0.4, 0.5) is 5.69 Å². The van der Waals surface area contributed by atoms with Gasteiger partial charge in [-0.2, -0.15) is 0 Å². The van der Waals surface area contributed by atoms with Crippen molar-refractivity contribution in [3.05, 3.63) is 64.8 Å². The molecule has 0 bridgehead atoms. The van der Waals surface area contributed by atoms with Crippen LogP contribution in [0.1, 0.15) is 24.2 Å². The zero-order valence-electron chi connectivity index (χ0n) is 13.4. The fourth-order valence-corrected chi connectivity index (χ4v) is 2.93. The van der Waals surface area contributed by atoms with Gasteiger partial charge in [0, 0.05) is 27.8 Å². The average Bonchev–Trinajstić information content (AvgIpc) is 2.54. The molecule has 2 aromatic carbocycles. The maximum atomic E-state index is 6.10. The fourth-order valence-electron chi connectivity index (χ4n) is 2.73. The second-order valence-electron chi connectivity index (χ2n) is 5.59. The number of nitrogens with one attached hydrogen (secondary N) is 1. The van der Waals surface area contributed by atoms with Gasteiger partial charge in [-0.15, -0.1) is 0 Å². The van der Waals surface area contributed by atoms with E-state index in [0.717, 1.165) is 38.6 Å². The molecule has 1 N–H and O–H groups in total. The Morgan fingerprint density at radius 3 is 2.65 bits per heavy atom. The summed E-state index contributed by atoms with van der Waals surface area (Å²) >= 11 is 6.10. The summed E-state index contributed by atoms with van der Waals surface area (Å²) in [5, 5.41) is 5.36. The average molecular weight is 327 g/mol. The van der Waals surface area contributed by atoms with Gasteiger partial charge in [0.1, 0.15) is 11.3 Å². The van der Waals surface area contributed by atoms with Crippen LogP contribution in [-0.4, -0.2) is 12.1 Å². The number of para-hydroxylation sites is 1. The first-order valence-electron chi connectivity index (χ1n) is 7.55. The summed E-state index contributed by atoms with van der Waals surface area (Å²) in [5.41, 5.74) is 4.00. The second kappa shape index (κ2) is 6.47. The molecular weight excluding hydrogens is 308 g/mol. The lowest BCUT2D eigenvalue weighted by atomic mass is 10.1. The van der Waals surface area contributed by atoms with Crippen molar-refractivity contribution in [2.75, 3.05) is 12.4 Å². The molecule has 3 aromatic rings. The number of aromatic nitrogens is 1. The van der Waals surface area contributed by atoms with Crippen LogP contribution >= 0.6 is 11.6 Å². The van der Waals surface area contributed by atoms with E-state index < -0.39 is 0 Å². The van der Waals surface area contributed by atoms with Crippen LogP contribution in [0, 0.1) is 6.92 Å². The van der Waals surface area contributed by atoms with E-state index >= 15 is 0 Å². The molecule has 0 aliphatic carbocycles. The normalized spacial score (nSPS) is 12.2. The molecule has 0 radical (unpaired) electrons. The van der Waals surface area contributed by atoms with Gasteiger partial charge >= 0.3 is 0 Å². The van der Waals surface area contributed by atoms with Crippen molar-refractivity contribution in [3.63, 3.8) is 0 Å². The van der Waals surface area contributed by atoms with Crippen molar-refractivity contribution in [1.82, 2.24) is 4.98 Å². The topological polar surface area (TPSA) is 34.1 Å². The Bertz CT molecular complexity index is 848. The third-order valence-corrected chi connectivity index (χ3v) is 4.11. The minimum atomic E-state index is 0.130. The summed E-state index contributed by atoms with van der Waals surface area (Å²) in [6, 6.07) is 16.1. The number of methoxy groups -OCH3 is 1. The highest BCUT2D eigenvalue weighted by atomic mass is 35.5. The molecule has 3 nitrogen and oxygen atoms in total. The first kappa shape index (κ1) is 15.6. The molecule has 1 aromatic heterocycles. The number of aryl methyl sites for hydroxylation is 1. The lowest BCUT2D eigenvalue weighted by Crippen LogP contribution is -2.07. The van der Waals surface area contributed by atoms with Gasteiger partial charge in [-0.1, -0.05) is 35.9 Å². The molecule has 4 heteroatoms. The monoisotopic (exact) mass is 326 g/mol. The van der Waals surface area contributed by atoms with Crippen LogP contribution in [0.15, 0.2) is 48.5 Å². The molecule has 3 rings (SSSR count). The van der Waals surface area contributed by atoms with Crippen LogP contribution in [-0.2, 0) is 0 Å². The maximum absolute atomic E-state index is 6.10. The summed E-state index contributed by atoms with van der Waals surface area (Å²) in [6.45, 7) is 4.11. The van der Waals surface area contributed by atoms with Gasteiger partial charge in [0.2, 0.25) is 0 Å². The third kappa shape index (κ3) is 3.25. The summed E-state index contributed by atoms with van der Waals surface area (Å²) in [5.74, 6) is 0.782. The Morgan fingerprint density at radius 1 is 1.13 bits per heavy atom. The van der Waals surface area contributed by atoms with E-state index in [0.29, 0.717) is 0 Å². The highest BCUT2D eigenvalue weighted by Crippen LogP contribution is 2.32. The van der Waals surface area contributed by atoms with E-state index in [1.807, 2.05) is 37.3 Å². The minimum Gasteiger partial charge on any atom is -0.494 e. The standard InChI is InChI=1S/C19H19ClN2O/c1-12-10-17(16-8-5-9-18(23-3)19(16)21-12)22-13(2)14-6-4-7-15(20)11-14/h4-11,13H,1-3H3,(H,21,22). The van der Waals surface area contributed by atoms with Gasteiger partial charge in [0.15, 0.2) is 0 Å². The highest BCUT2D eigenvalue weighted by molar-refractivity contribution is 6.30. The van der Waals surface area contributed by atoms with Crippen LogP contribution in [0.5, 0.6) is 5.75 Å².